The van der Waals surface area contributed by atoms with Gasteiger partial charge in [0.05, 0.1) is 36.0 Å². The van der Waals surface area contributed by atoms with E-state index < -0.39 is 33.0 Å². The second-order valence-electron chi connectivity index (χ2n) is 7.64. The van der Waals surface area contributed by atoms with E-state index in [4.69, 9.17) is 5.52 Å². The first-order chi connectivity index (χ1) is 14.2. The fraction of sp³-hybridized carbons (Fsp3) is 0.524. The fourth-order valence-corrected chi connectivity index (χ4v) is 3.05. The standard InChI is InChI=1S/C14H20O5S.C7H12O2.BH.U/c1-10-6-8-12(9-7-10)20(16,17)19-11(2)14(3,4)13(15)18-5;1-5-7(2,3)6(8)9-4;;/h6-9,11H,1-5H3;5H,1H2,2-4H3;1H;/i;;1D;. The van der Waals surface area contributed by atoms with E-state index >= 15 is 0 Å². The van der Waals surface area contributed by atoms with Crippen molar-refractivity contribution in [2.24, 2.45) is 10.8 Å². The van der Waals surface area contributed by atoms with Crippen LogP contribution in [0.5, 0.6) is 0 Å². The average molecular weight is 679 g/mol. The van der Waals surface area contributed by atoms with Gasteiger partial charge in [-0.05, 0) is 55.0 Å². The number of methoxy groups -OCH3 is 2. The minimum absolute atomic E-state index is 0. The maximum absolute atomic E-state index is 12.1. The Labute approximate surface area is 213 Å². The van der Waals surface area contributed by atoms with Crippen LogP contribution < -0.4 is 0 Å². The molecule has 1 unspecified atom stereocenters. The molecule has 0 saturated heterocycles. The molecule has 0 N–H and O–H groups in total. The number of benzene rings is 1. The molecular weight excluding hydrogens is 645 g/mol. The van der Waals surface area contributed by atoms with Gasteiger partial charge in [0, 0.05) is 39.5 Å². The molecule has 0 aliphatic carbocycles. The Balaban J connectivity index is -0.000000594. The van der Waals surface area contributed by atoms with Gasteiger partial charge in [0.1, 0.15) is 0 Å². The third-order valence-corrected chi connectivity index (χ3v) is 5.92. The van der Waals surface area contributed by atoms with Gasteiger partial charge in [0.15, 0.2) is 0 Å². The molecule has 0 aliphatic heterocycles. The summed E-state index contributed by atoms with van der Waals surface area (Å²) in [5.41, 5.74) is -0.659. The molecular formula is C21H33BO7SU. The summed E-state index contributed by atoms with van der Waals surface area (Å²) in [5, 5.41) is 0. The van der Waals surface area contributed by atoms with E-state index in [0.29, 0.717) is 0 Å². The monoisotopic (exact) mass is 679 g/mol. The molecule has 0 bridgehead atoms. The number of hydrogen-bond acceptors (Lipinski definition) is 7. The molecule has 0 fully saturated rings. The summed E-state index contributed by atoms with van der Waals surface area (Å²) >= 11 is 0. The van der Waals surface area contributed by atoms with Crippen molar-refractivity contribution in [2.45, 2.75) is 52.5 Å². The van der Waals surface area contributed by atoms with Crippen molar-refractivity contribution in [3.05, 3.63) is 42.5 Å². The number of carbonyl (C=O) groups is 2. The third-order valence-electron chi connectivity index (χ3n) is 4.53. The number of rotatable bonds is 7. The maximum Gasteiger partial charge on any atom is 0.315 e. The summed E-state index contributed by atoms with van der Waals surface area (Å²) in [7, 11) is 2.46. The van der Waals surface area contributed by atoms with Crippen LogP contribution in [0.3, 0.4) is 0 Å². The quantitative estimate of drug-likeness (QED) is 0.189. The molecule has 172 valence electrons. The maximum atomic E-state index is 12.1. The first-order valence-corrected chi connectivity index (χ1v) is 10.4. The van der Waals surface area contributed by atoms with E-state index in [9.17, 15) is 18.0 Å². The van der Waals surface area contributed by atoms with E-state index in [2.05, 4.69) is 24.4 Å². The Bertz CT molecular complexity index is 825. The molecule has 1 aromatic carbocycles. The van der Waals surface area contributed by atoms with Crippen LogP contribution >= 0.6 is 0 Å². The van der Waals surface area contributed by atoms with Crippen LogP contribution in [-0.4, -0.2) is 50.4 Å². The van der Waals surface area contributed by atoms with Gasteiger partial charge in [-0.1, -0.05) is 23.8 Å². The Morgan fingerprint density at radius 2 is 1.48 bits per heavy atom. The molecule has 31 heavy (non-hydrogen) atoms. The third kappa shape index (κ3) is 10.4. The molecule has 1 aromatic rings. The molecule has 0 aromatic heterocycles. The minimum Gasteiger partial charge on any atom is -0.469 e. The molecule has 7 nitrogen and oxygen atoms in total. The zero-order chi connectivity index (χ0) is 25.0. The molecule has 1 rings (SSSR count). The van der Waals surface area contributed by atoms with Crippen molar-refractivity contribution in [2.75, 3.05) is 14.2 Å². The molecule has 0 saturated carbocycles. The van der Waals surface area contributed by atoms with Gasteiger partial charge in [-0.3, -0.25) is 13.8 Å². The Hall–Kier alpha value is -1.07. The van der Waals surface area contributed by atoms with Gasteiger partial charge in [0.25, 0.3) is 10.1 Å². The SMILES string of the molecule is C=CC(C)(C)C(=O)OC.COC(=O)C(C)(C)C(C)OS(=O)(=O)c1ccc(C)cc1.[2H][B].[U]. The van der Waals surface area contributed by atoms with Crippen LogP contribution in [0.15, 0.2) is 41.8 Å². The van der Waals surface area contributed by atoms with Crippen LogP contribution in [0, 0.1) is 48.9 Å². The predicted molar refractivity (Wildman–Crippen MR) is 118 cm³/mol. The van der Waals surface area contributed by atoms with Gasteiger partial charge in [0.2, 0.25) is 0 Å². The van der Waals surface area contributed by atoms with Crippen molar-refractivity contribution in [3.8, 4) is 0 Å². The number of esters is 2. The summed E-state index contributed by atoms with van der Waals surface area (Å²) < 4.78 is 43.8. The Kier molecular flexibility index (Phi) is 14.7. The molecule has 0 heterocycles. The van der Waals surface area contributed by atoms with Gasteiger partial charge in [-0.15, -0.1) is 6.58 Å². The van der Waals surface area contributed by atoms with Crippen molar-refractivity contribution in [1.29, 1.82) is 1.34 Å². The topological polar surface area (TPSA) is 96.0 Å². The fourth-order valence-electron chi connectivity index (χ4n) is 1.85. The molecule has 10 heteroatoms. The summed E-state index contributed by atoms with van der Waals surface area (Å²) in [6, 6.07) is 6.32. The van der Waals surface area contributed by atoms with Crippen molar-refractivity contribution < 1.29 is 62.8 Å². The second-order valence-corrected chi connectivity index (χ2v) is 9.21. The summed E-state index contributed by atoms with van der Waals surface area (Å²) in [6.07, 6.45) is 0.722. The first-order valence-electron chi connectivity index (χ1n) is 9.53. The Morgan fingerprint density at radius 1 is 1.06 bits per heavy atom. The summed E-state index contributed by atoms with van der Waals surface area (Å²) in [5.74, 6) is -0.776. The Morgan fingerprint density at radius 3 is 1.81 bits per heavy atom. The van der Waals surface area contributed by atoms with Crippen molar-refractivity contribution in [3.63, 3.8) is 0 Å². The molecule has 2 radical (unpaired) electrons. The van der Waals surface area contributed by atoms with Crippen molar-refractivity contribution >= 4 is 30.4 Å². The van der Waals surface area contributed by atoms with E-state index in [-0.39, 0.29) is 42.0 Å². The smallest absolute Gasteiger partial charge is 0.315 e. The van der Waals surface area contributed by atoms with Crippen LogP contribution in [0.25, 0.3) is 0 Å². The molecule has 0 amide bonds. The van der Waals surface area contributed by atoms with Crippen molar-refractivity contribution in [1.82, 2.24) is 0 Å². The van der Waals surface area contributed by atoms with Gasteiger partial charge in [-0.2, -0.15) is 8.42 Å². The van der Waals surface area contributed by atoms with Gasteiger partial charge >= 0.3 is 11.9 Å². The van der Waals surface area contributed by atoms with E-state index in [0.717, 1.165) is 5.56 Å². The predicted octanol–water partition coefficient (Wildman–Crippen LogP) is 3.01. The minimum atomic E-state index is -3.91. The number of aryl methyl sites for hydroxylation is 1. The zero-order valence-electron chi connectivity index (χ0n) is 20.5. The van der Waals surface area contributed by atoms with E-state index in [1.165, 1.54) is 33.3 Å². The summed E-state index contributed by atoms with van der Waals surface area (Å²) in [4.78, 5) is 22.5. The van der Waals surface area contributed by atoms with Gasteiger partial charge < -0.3 is 9.47 Å². The van der Waals surface area contributed by atoms with Crippen LogP contribution in [0.1, 0.15) is 40.2 Å². The summed E-state index contributed by atoms with van der Waals surface area (Å²) in [6.45, 7) is 13.6. The zero-order valence-corrected chi connectivity index (χ0v) is 24.5. The van der Waals surface area contributed by atoms with E-state index in [1.54, 1.807) is 45.9 Å². The second kappa shape index (κ2) is 14.2. The molecule has 1 atom stereocenters. The van der Waals surface area contributed by atoms with Crippen LogP contribution in [0.2, 0.25) is 0 Å². The van der Waals surface area contributed by atoms with E-state index in [1.807, 2.05) is 6.92 Å². The normalized spacial score (nSPS) is 12.2. The average Bonchev–Trinajstić information content (AvgIpc) is 2.74. The van der Waals surface area contributed by atoms with Crippen LogP contribution in [0.4, 0.5) is 0 Å². The number of carbonyl (C=O) groups excluding carboxylic acids is 2. The van der Waals surface area contributed by atoms with Gasteiger partial charge in [-0.25, -0.2) is 0 Å². The van der Waals surface area contributed by atoms with Crippen LogP contribution in [-0.2, 0) is 33.4 Å². The number of ether oxygens (including phenoxy) is 2. The largest absolute Gasteiger partial charge is 0.469 e. The molecule has 0 aliphatic rings. The number of hydrogen-bond donors (Lipinski definition) is 0. The first kappa shape index (κ1) is 32.1. The molecule has 0 spiro atoms.